The van der Waals surface area contributed by atoms with E-state index in [2.05, 4.69) is 41.3 Å². The Morgan fingerprint density at radius 1 is 1.03 bits per heavy atom. The van der Waals surface area contributed by atoms with Crippen LogP contribution < -0.4 is 4.90 Å². The summed E-state index contributed by atoms with van der Waals surface area (Å²) in [5.74, 6) is 0.0501. The number of amides is 1. The molecule has 0 spiro atoms. The third-order valence-corrected chi connectivity index (χ3v) is 7.84. The molecular weight excluding hydrogens is 508 g/mol. The highest BCUT2D eigenvalue weighted by molar-refractivity contribution is 6.31. The summed E-state index contributed by atoms with van der Waals surface area (Å²) in [6, 6.07) is 20.1. The molecule has 0 N–H and O–H groups in total. The van der Waals surface area contributed by atoms with E-state index in [4.69, 9.17) is 11.6 Å². The van der Waals surface area contributed by atoms with Gasteiger partial charge in [-0.15, -0.1) is 0 Å². The summed E-state index contributed by atoms with van der Waals surface area (Å²) < 4.78 is 1.86. The van der Waals surface area contributed by atoms with Crippen LogP contribution in [0.4, 0.5) is 5.69 Å². The molecule has 0 unspecified atom stereocenters. The third kappa shape index (κ3) is 6.13. The molecular formula is C32H33ClN4O2. The maximum absolute atomic E-state index is 13.9. The van der Waals surface area contributed by atoms with Gasteiger partial charge in [-0.05, 0) is 98.6 Å². The summed E-state index contributed by atoms with van der Waals surface area (Å²) in [7, 11) is 4.03. The Bertz CT molecular complexity index is 1550. The average Bonchev–Trinajstić information content (AvgIpc) is 3.31. The van der Waals surface area contributed by atoms with Crippen LogP contribution in [0.3, 0.4) is 0 Å². The number of carbonyl (C=O) groups is 2. The molecule has 3 aromatic carbocycles. The highest BCUT2D eigenvalue weighted by atomic mass is 35.5. The highest BCUT2D eigenvalue weighted by Crippen LogP contribution is 2.31. The zero-order chi connectivity index (χ0) is 27.5. The van der Waals surface area contributed by atoms with E-state index in [1.165, 1.54) is 6.92 Å². The highest BCUT2D eigenvalue weighted by Gasteiger charge is 2.29. The lowest BCUT2D eigenvalue weighted by Gasteiger charge is -2.33. The second-order valence-electron chi connectivity index (χ2n) is 10.4. The molecule has 0 atom stereocenters. The van der Waals surface area contributed by atoms with Crippen LogP contribution in [0.15, 0.2) is 72.9 Å². The van der Waals surface area contributed by atoms with Crippen molar-refractivity contribution < 1.29 is 9.59 Å². The number of benzene rings is 3. The third-order valence-electron chi connectivity index (χ3n) is 7.49. The molecule has 0 saturated carbocycles. The topological polar surface area (TPSA) is 58.4 Å². The first-order valence-corrected chi connectivity index (χ1v) is 13.7. The van der Waals surface area contributed by atoms with E-state index in [0.29, 0.717) is 11.6 Å². The molecule has 2 heterocycles. The molecule has 0 aliphatic carbocycles. The van der Waals surface area contributed by atoms with Crippen molar-refractivity contribution in [1.29, 1.82) is 0 Å². The Labute approximate surface area is 234 Å². The van der Waals surface area contributed by atoms with Crippen molar-refractivity contribution in [1.82, 2.24) is 14.7 Å². The number of aromatic nitrogens is 2. The van der Waals surface area contributed by atoms with E-state index >= 15 is 0 Å². The molecule has 1 amide bonds. The van der Waals surface area contributed by atoms with Crippen molar-refractivity contribution in [3.8, 4) is 11.1 Å². The molecule has 1 saturated heterocycles. The fourth-order valence-corrected chi connectivity index (χ4v) is 5.39. The van der Waals surface area contributed by atoms with E-state index < -0.39 is 0 Å². The summed E-state index contributed by atoms with van der Waals surface area (Å²) in [6.45, 7) is 3.70. The second-order valence-corrected chi connectivity index (χ2v) is 10.8. The summed E-state index contributed by atoms with van der Waals surface area (Å²) in [6.07, 6.45) is 6.85. The van der Waals surface area contributed by atoms with E-state index in [1.54, 1.807) is 12.2 Å². The minimum absolute atomic E-state index is 0.0193. The smallest absolute Gasteiger partial charge is 0.230 e. The Hall–Kier alpha value is -3.74. The van der Waals surface area contributed by atoms with Crippen LogP contribution >= 0.6 is 11.6 Å². The van der Waals surface area contributed by atoms with E-state index in [1.807, 2.05) is 59.2 Å². The zero-order valence-corrected chi connectivity index (χ0v) is 23.4. The number of nitrogens with zero attached hydrogens (tertiary/aromatic N) is 4. The average molecular weight is 541 g/mol. The summed E-state index contributed by atoms with van der Waals surface area (Å²) in [4.78, 5) is 29.5. The normalized spacial score (nSPS) is 14.8. The number of ketones is 1. The van der Waals surface area contributed by atoms with Crippen LogP contribution in [-0.4, -0.2) is 46.5 Å². The Morgan fingerprint density at radius 2 is 1.77 bits per heavy atom. The number of fused-ring (bicyclic) bond motifs is 1. The largest absolute Gasteiger partial charge is 0.308 e. The van der Waals surface area contributed by atoms with Crippen molar-refractivity contribution in [2.45, 2.75) is 26.3 Å². The summed E-state index contributed by atoms with van der Waals surface area (Å²) in [5.41, 5.74) is 5.70. The molecule has 5 rings (SSSR count). The maximum atomic E-state index is 13.9. The van der Waals surface area contributed by atoms with Gasteiger partial charge in [0, 0.05) is 29.1 Å². The fourth-order valence-electron chi connectivity index (χ4n) is 5.15. The second kappa shape index (κ2) is 11.6. The van der Waals surface area contributed by atoms with Crippen molar-refractivity contribution in [3.05, 3.63) is 89.1 Å². The van der Waals surface area contributed by atoms with Crippen molar-refractivity contribution in [2.75, 3.05) is 25.0 Å². The van der Waals surface area contributed by atoms with Gasteiger partial charge in [0.1, 0.15) is 0 Å². The van der Waals surface area contributed by atoms with E-state index in [9.17, 15) is 9.59 Å². The predicted molar refractivity (Wildman–Crippen MR) is 159 cm³/mol. The zero-order valence-electron chi connectivity index (χ0n) is 22.6. The first-order valence-electron chi connectivity index (χ1n) is 13.3. The molecule has 200 valence electrons. The molecule has 0 bridgehead atoms. The van der Waals surface area contributed by atoms with Gasteiger partial charge in [-0.2, -0.15) is 5.10 Å². The van der Waals surface area contributed by atoms with E-state index in [-0.39, 0.29) is 17.6 Å². The van der Waals surface area contributed by atoms with Gasteiger partial charge in [0.05, 0.1) is 18.3 Å². The van der Waals surface area contributed by atoms with Gasteiger partial charge in [0.25, 0.3) is 0 Å². The van der Waals surface area contributed by atoms with Crippen LogP contribution in [-0.2, 0) is 23.2 Å². The first kappa shape index (κ1) is 26.9. The van der Waals surface area contributed by atoms with Gasteiger partial charge in [-0.3, -0.25) is 14.3 Å². The Kier molecular flexibility index (Phi) is 7.96. The lowest BCUT2D eigenvalue weighted by Crippen LogP contribution is -2.41. The molecule has 6 nitrogen and oxygen atoms in total. The monoisotopic (exact) mass is 540 g/mol. The van der Waals surface area contributed by atoms with Gasteiger partial charge in [0.15, 0.2) is 5.78 Å². The number of aryl methyl sites for hydroxylation is 1. The number of hydrogen-bond donors (Lipinski definition) is 0. The van der Waals surface area contributed by atoms with Crippen LogP contribution in [0.2, 0.25) is 5.02 Å². The molecule has 1 aliphatic rings. The van der Waals surface area contributed by atoms with Crippen molar-refractivity contribution >= 4 is 46.0 Å². The van der Waals surface area contributed by atoms with Gasteiger partial charge < -0.3 is 9.80 Å². The number of anilines is 1. The number of likely N-dealkylation sites (tertiary alicyclic amines) is 1. The number of piperidine rings is 1. The minimum Gasteiger partial charge on any atom is -0.308 e. The van der Waals surface area contributed by atoms with Crippen LogP contribution in [0.5, 0.6) is 0 Å². The quantitative estimate of drug-likeness (QED) is 0.255. The fraction of sp³-hybridized carbons (Fsp3) is 0.281. The molecule has 1 fully saturated rings. The van der Waals surface area contributed by atoms with Gasteiger partial charge in [0.2, 0.25) is 5.91 Å². The van der Waals surface area contributed by atoms with E-state index in [0.717, 1.165) is 64.8 Å². The molecule has 7 heteroatoms. The number of halogens is 1. The van der Waals surface area contributed by atoms with Crippen LogP contribution in [0.1, 0.15) is 30.9 Å². The molecule has 1 aromatic heterocycles. The van der Waals surface area contributed by atoms with Gasteiger partial charge in [-0.1, -0.05) is 48.0 Å². The van der Waals surface area contributed by atoms with Gasteiger partial charge in [-0.25, -0.2) is 0 Å². The SMILES string of the molecule is CC(=O)/C=C/c1cccc(N(Cc2ccc(-c3ccc4c(cnn4C)c3)cc2Cl)C(=O)C2CCN(C)CC2)c1. The van der Waals surface area contributed by atoms with Gasteiger partial charge >= 0.3 is 0 Å². The van der Waals surface area contributed by atoms with Crippen LogP contribution in [0.25, 0.3) is 28.1 Å². The maximum Gasteiger partial charge on any atom is 0.230 e. The minimum atomic E-state index is -0.0399. The lowest BCUT2D eigenvalue weighted by atomic mass is 9.94. The molecule has 39 heavy (non-hydrogen) atoms. The van der Waals surface area contributed by atoms with Crippen molar-refractivity contribution in [3.63, 3.8) is 0 Å². The van der Waals surface area contributed by atoms with Crippen molar-refractivity contribution in [2.24, 2.45) is 13.0 Å². The Morgan fingerprint density at radius 3 is 2.51 bits per heavy atom. The number of allylic oxidation sites excluding steroid dienone is 1. The summed E-state index contributed by atoms with van der Waals surface area (Å²) in [5, 5.41) is 6.03. The summed E-state index contributed by atoms with van der Waals surface area (Å²) >= 11 is 6.85. The first-order chi connectivity index (χ1) is 18.8. The lowest BCUT2D eigenvalue weighted by molar-refractivity contribution is -0.123. The Balaban J connectivity index is 1.45. The number of carbonyl (C=O) groups excluding carboxylic acids is 2. The molecule has 1 aliphatic heterocycles. The molecule has 4 aromatic rings. The predicted octanol–water partition coefficient (Wildman–Crippen LogP) is 6.37. The number of hydrogen-bond acceptors (Lipinski definition) is 4. The van der Waals surface area contributed by atoms with Crippen LogP contribution in [0, 0.1) is 5.92 Å². The standard InChI is InChI=1S/C32H33ClN4O2/c1-22(38)7-8-23-5-4-6-29(17-23)37(32(39)24-13-15-35(2)16-14-24)21-27-10-9-26(19-30(27)33)25-11-12-31-28(18-25)20-34-36(31)3/h4-12,17-20,24H,13-16,21H2,1-3H3/b8-7+. The molecule has 0 radical (unpaired) electrons. The number of rotatable bonds is 7.